The SMILES string of the molecule is CC1=Nc2ccc(Oc3ccccc3)cc2CN1C(COC(=O)N(Cc1csc(C)n1)C1CCCCC1)C1CCCCC1. The molecule has 0 radical (unpaired) electrons. The van der Waals surface area contributed by atoms with E-state index in [0.29, 0.717) is 19.1 Å². The fourth-order valence-electron chi connectivity index (χ4n) is 7.01. The Morgan fingerprint density at radius 2 is 1.72 bits per heavy atom. The average molecular weight is 601 g/mol. The van der Waals surface area contributed by atoms with Gasteiger partial charge in [-0.2, -0.15) is 0 Å². The number of ether oxygens (including phenoxy) is 2. The van der Waals surface area contributed by atoms with Crippen LogP contribution < -0.4 is 4.74 Å². The standard InChI is InChI=1S/C35H44N4O3S/c1-25-36-33-19-18-32(42-31-16-10-5-11-17-31)20-28(33)21-38(25)34(27-12-6-3-7-13-27)23-41-35(40)39(30-14-8-4-9-15-30)22-29-24-43-26(2)37-29/h5,10-11,16-20,24,27,30,34H,3-4,6-9,12-15,21-23H2,1-2H3. The van der Waals surface area contributed by atoms with Crippen LogP contribution in [0, 0.1) is 12.8 Å². The summed E-state index contributed by atoms with van der Waals surface area (Å²) in [5.74, 6) is 3.07. The summed E-state index contributed by atoms with van der Waals surface area (Å²) in [5.41, 5.74) is 3.07. The van der Waals surface area contributed by atoms with E-state index < -0.39 is 0 Å². The van der Waals surface area contributed by atoms with E-state index in [1.54, 1.807) is 11.3 Å². The molecule has 7 nitrogen and oxygen atoms in total. The molecule has 3 aromatic rings. The molecule has 2 fully saturated rings. The van der Waals surface area contributed by atoms with Crippen LogP contribution >= 0.6 is 11.3 Å². The van der Waals surface area contributed by atoms with Crippen LogP contribution in [0.4, 0.5) is 10.5 Å². The normalized spacial score (nSPS) is 18.5. The highest BCUT2D eigenvalue weighted by molar-refractivity contribution is 7.09. The van der Waals surface area contributed by atoms with Gasteiger partial charge in [-0.15, -0.1) is 11.3 Å². The van der Waals surface area contributed by atoms with E-state index >= 15 is 0 Å². The molecule has 1 aromatic heterocycles. The highest BCUT2D eigenvalue weighted by Gasteiger charge is 2.35. The first-order valence-corrected chi connectivity index (χ1v) is 16.9. The van der Waals surface area contributed by atoms with Crippen molar-refractivity contribution in [2.24, 2.45) is 10.9 Å². The smallest absolute Gasteiger partial charge is 0.410 e. The lowest BCUT2D eigenvalue weighted by molar-refractivity contribution is 0.0397. The van der Waals surface area contributed by atoms with Crippen molar-refractivity contribution < 1.29 is 14.3 Å². The summed E-state index contributed by atoms with van der Waals surface area (Å²) in [5, 5.41) is 3.10. The van der Waals surface area contributed by atoms with E-state index in [4.69, 9.17) is 14.5 Å². The maximum Gasteiger partial charge on any atom is 0.410 e. The molecule has 228 valence electrons. The summed E-state index contributed by atoms with van der Waals surface area (Å²) < 4.78 is 12.4. The van der Waals surface area contributed by atoms with Gasteiger partial charge in [-0.1, -0.05) is 56.7 Å². The Morgan fingerprint density at radius 3 is 2.44 bits per heavy atom. The number of nitrogens with zero attached hydrogens (tertiary/aromatic N) is 4. The Balaban J connectivity index is 1.20. The monoisotopic (exact) mass is 600 g/mol. The summed E-state index contributed by atoms with van der Waals surface area (Å²) in [4.78, 5) is 27.9. The predicted octanol–water partition coefficient (Wildman–Crippen LogP) is 9.03. The zero-order valence-electron chi connectivity index (χ0n) is 25.5. The molecule has 0 saturated heterocycles. The van der Waals surface area contributed by atoms with Crippen molar-refractivity contribution in [3.63, 3.8) is 0 Å². The van der Waals surface area contributed by atoms with Crippen molar-refractivity contribution in [1.29, 1.82) is 0 Å². The van der Waals surface area contributed by atoms with Gasteiger partial charge in [-0.05, 0) is 75.8 Å². The highest BCUT2D eigenvalue weighted by atomic mass is 32.1. The minimum absolute atomic E-state index is 0.0783. The van der Waals surface area contributed by atoms with Crippen LogP contribution in [0.1, 0.15) is 87.4 Å². The molecule has 43 heavy (non-hydrogen) atoms. The van der Waals surface area contributed by atoms with Crippen LogP contribution in [0.25, 0.3) is 0 Å². The summed E-state index contributed by atoms with van der Waals surface area (Å²) in [6.07, 6.45) is 11.5. The second-order valence-electron chi connectivity index (χ2n) is 12.3. The van der Waals surface area contributed by atoms with Gasteiger partial charge in [0.05, 0.1) is 29.0 Å². The van der Waals surface area contributed by atoms with Crippen molar-refractivity contribution in [2.75, 3.05) is 6.61 Å². The van der Waals surface area contributed by atoms with Crippen LogP contribution in [-0.2, 0) is 17.8 Å². The first kappa shape index (κ1) is 29.7. The Hall–Kier alpha value is -3.39. The van der Waals surface area contributed by atoms with Crippen LogP contribution in [0.2, 0.25) is 0 Å². The number of hydrogen-bond donors (Lipinski definition) is 0. The first-order valence-electron chi connectivity index (χ1n) is 16.1. The third-order valence-electron chi connectivity index (χ3n) is 9.29. The van der Waals surface area contributed by atoms with Crippen LogP contribution in [-0.4, -0.2) is 45.4 Å². The fraction of sp³-hybridized carbons (Fsp3) is 0.514. The Morgan fingerprint density at radius 1 is 0.977 bits per heavy atom. The van der Waals surface area contributed by atoms with E-state index in [1.165, 1.54) is 25.7 Å². The van der Waals surface area contributed by atoms with Gasteiger partial charge in [0, 0.05) is 23.5 Å². The third-order valence-corrected chi connectivity index (χ3v) is 10.1. The van der Waals surface area contributed by atoms with Crippen LogP contribution in [0.3, 0.4) is 0 Å². The van der Waals surface area contributed by atoms with Crippen molar-refractivity contribution >= 4 is 29.0 Å². The maximum atomic E-state index is 13.8. The lowest BCUT2D eigenvalue weighted by Gasteiger charge is -2.42. The zero-order chi connectivity index (χ0) is 29.6. The molecule has 2 heterocycles. The summed E-state index contributed by atoms with van der Waals surface area (Å²) in [6.45, 7) is 5.71. The third kappa shape index (κ3) is 7.40. The topological polar surface area (TPSA) is 67.3 Å². The van der Waals surface area contributed by atoms with Gasteiger partial charge >= 0.3 is 6.09 Å². The van der Waals surface area contributed by atoms with Gasteiger partial charge in [-0.25, -0.2) is 14.8 Å². The number of rotatable bonds is 9. The number of para-hydroxylation sites is 1. The molecule has 2 saturated carbocycles. The largest absolute Gasteiger partial charge is 0.457 e. The quantitative estimate of drug-likeness (QED) is 0.245. The number of carbonyl (C=O) groups is 1. The number of amides is 1. The Kier molecular flexibility index (Phi) is 9.61. The number of aliphatic imine (C=N–C) groups is 1. The number of benzene rings is 2. The molecule has 2 aromatic carbocycles. The van der Waals surface area contributed by atoms with Gasteiger partial charge in [-0.3, -0.25) is 4.90 Å². The molecule has 1 amide bonds. The van der Waals surface area contributed by atoms with E-state index in [0.717, 1.165) is 84.4 Å². The second kappa shape index (κ2) is 13.9. The molecule has 1 aliphatic heterocycles. The molecule has 2 aliphatic carbocycles. The summed E-state index contributed by atoms with van der Waals surface area (Å²) in [7, 11) is 0. The second-order valence-corrected chi connectivity index (χ2v) is 13.4. The number of aromatic nitrogens is 1. The van der Waals surface area contributed by atoms with Gasteiger partial charge in [0.25, 0.3) is 0 Å². The number of hydrogen-bond acceptors (Lipinski definition) is 7. The molecule has 6 rings (SSSR count). The maximum absolute atomic E-state index is 13.8. The van der Waals surface area contributed by atoms with E-state index in [2.05, 4.69) is 28.3 Å². The molecule has 3 aliphatic rings. The predicted molar refractivity (Wildman–Crippen MR) is 172 cm³/mol. The Bertz CT molecular complexity index is 1400. The van der Waals surface area contributed by atoms with Crippen molar-refractivity contribution in [1.82, 2.24) is 14.8 Å². The lowest BCUT2D eigenvalue weighted by Crippen LogP contribution is -2.49. The minimum atomic E-state index is -0.205. The molecule has 1 atom stereocenters. The first-order chi connectivity index (χ1) is 21.0. The number of aryl methyl sites for hydroxylation is 1. The lowest BCUT2D eigenvalue weighted by atomic mass is 9.83. The molecular formula is C35H44N4O3S. The Labute approximate surface area is 259 Å². The zero-order valence-corrected chi connectivity index (χ0v) is 26.4. The van der Waals surface area contributed by atoms with Gasteiger partial charge in [0.1, 0.15) is 23.9 Å². The van der Waals surface area contributed by atoms with Gasteiger partial charge < -0.3 is 14.4 Å². The van der Waals surface area contributed by atoms with E-state index in [1.807, 2.05) is 54.3 Å². The van der Waals surface area contributed by atoms with Crippen molar-refractivity contribution in [3.8, 4) is 11.5 Å². The average Bonchev–Trinajstić information content (AvgIpc) is 3.46. The summed E-state index contributed by atoms with van der Waals surface area (Å²) >= 11 is 1.64. The number of fused-ring (bicyclic) bond motifs is 1. The highest BCUT2D eigenvalue weighted by Crippen LogP contribution is 2.36. The molecule has 1 unspecified atom stereocenters. The van der Waals surface area contributed by atoms with Crippen LogP contribution in [0.5, 0.6) is 11.5 Å². The molecule has 8 heteroatoms. The number of thiazole rings is 1. The molecular weight excluding hydrogens is 556 g/mol. The number of carbonyl (C=O) groups excluding carboxylic acids is 1. The summed E-state index contributed by atoms with van der Waals surface area (Å²) in [6, 6.07) is 16.3. The van der Waals surface area contributed by atoms with Crippen LogP contribution in [0.15, 0.2) is 58.9 Å². The minimum Gasteiger partial charge on any atom is -0.457 e. The fourth-order valence-corrected chi connectivity index (χ4v) is 7.61. The van der Waals surface area contributed by atoms with E-state index in [9.17, 15) is 4.79 Å². The van der Waals surface area contributed by atoms with Gasteiger partial charge in [0.15, 0.2) is 0 Å². The molecule has 0 N–H and O–H groups in total. The van der Waals surface area contributed by atoms with Gasteiger partial charge in [0.2, 0.25) is 0 Å². The van der Waals surface area contributed by atoms with Crippen molar-refractivity contribution in [3.05, 3.63) is 70.2 Å². The molecule has 0 spiro atoms. The van der Waals surface area contributed by atoms with Crippen molar-refractivity contribution in [2.45, 2.75) is 103 Å². The van der Waals surface area contributed by atoms with E-state index in [-0.39, 0.29) is 18.2 Å². The number of amidine groups is 1. The molecule has 0 bridgehead atoms.